The van der Waals surface area contributed by atoms with Gasteiger partial charge < -0.3 is 14.4 Å². The van der Waals surface area contributed by atoms with E-state index in [2.05, 4.69) is 15.9 Å². The van der Waals surface area contributed by atoms with Gasteiger partial charge in [-0.1, -0.05) is 22.0 Å². The van der Waals surface area contributed by atoms with Crippen LogP contribution < -0.4 is 4.74 Å². The molecule has 0 saturated carbocycles. The number of morpholine rings is 1. The highest BCUT2D eigenvalue weighted by atomic mass is 79.9. The number of amides is 2. The molecule has 178 valence electrons. The Balaban J connectivity index is 1.61. The van der Waals surface area contributed by atoms with Crippen LogP contribution in [0.25, 0.3) is 6.08 Å². The highest BCUT2D eigenvalue weighted by Crippen LogP contribution is 2.36. The molecule has 0 atom stereocenters. The SMILES string of the molecule is CCOc1ccc(Br)cc1/C=C1/SC(=Nc2cccc(C(=O)N3CCOCC3)c2)N(CC)C1=O. The van der Waals surface area contributed by atoms with Crippen LogP contribution in [0.5, 0.6) is 5.75 Å². The molecule has 2 amide bonds. The topological polar surface area (TPSA) is 71.4 Å². The summed E-state index contributed by atoms with van der Waals surface area (Å²) in [6, 6.07) is 12.9. The van der Waals surface area contributed by atoms with Crippen molar-refractivity contribution in [2.45, 2.75) is 13.8 Å². The number of likely N-dealkylation sites (N-methyl/N-ethyl adjacent to an activating group) is 1. The van der Waals surface area contributed by atoms with E-state index in [1.54, 1.807) is 21.9 Å². The van der Waals surface area contributed by atoms with Gasteiger partial charge in [-0.15, -0.1) is 0 Å². The summed E-state index contributed by atoms with van der Waals surface area (Å²) >= 11 is 4.81. The summed E-state index contributed by atoms with van der Waals surface area (Å²) in [5.41, 5.74) is 2.03. The molecule has 2 heterocycles. The number of ether oxygens (including phenoxy) is 2. The van der Waals surface area contributed by atoms with Gasteiger partial charge in [0.25, 0.3) is 11.8 Å². The number of nitrogens with zero attached hydrogens (tertiary/aromatic N) is 3. The third-order valence-corrected chi connectivity index (χ3v) is 6.88. The van der Waals surface area contributed by atoms with Crippen LogP contribution in [0.4, 0.5) is 5.69 Å². The highest BCUT2D eigenvalue weighted by molar-refractivity contribution is 9.10. The molecule has 2 aliphatic heterocycles. The highest BCUT2D eigenvalue weighted by Gasteiger charge is 2.32. The number of amidine groups is 1. The molecule has 0 aromatic heterocycles. The van der Waals surface area contributed by atoms with Gasteiger partial charge in [0.1, 0.15) is 5.75 Å². The van der Waals surface area contributed by atoms with Crippen LogP contribution >= 0.6 is 27.7 Å². The number of benzene rings is 2. The molecule has 9 heteroatoms. The Kier molecular flexibility index (Phi) is 8.07. The lowest BCUT2D eigenvalue weighted by Crippen LogP contribution is -2.40. The van der Waals surface area contributed by atoms with E-state index in [9.17, 15) is 9.59 Å². The van der Waals surface area contributed by atoms with Gasteiger partial charge in [0.05, 0.1) is 30.4 Å². The average Bonchev–Trinajstić information content (AvgIpc) is 3.14. The second-order valence-corrected chi connectivity index (χ2v) is 9.55. The lowest BCUT2D eigenvalue weighted by atomic mass is 10.1. The first-order valence-electron chi connectivity index (χ1n) is 11.2. The quantitative estimate of drug-likeness (QED) is 0.482. The van der Waals surface area contributed by atoms with Crippen molar-refractivity contribution in [2.75, 3.05) is 39.5 Å². The first-order chi connectivity index (χ1) is 16.5. The standard InChI is InChI=1S/C25H26BrN3O4S/c1-3-29-24(31)22(16-18-14-19(26)8-9-21(18)33-4-2)34-25(29)27-20-7-5-6-17(15-20)23(30)28-10-12-32-13-11-28/h5-9,14-16H,3-4,10-13H2,1-2H3/b22-16+,27-25?. The Hall–Kier alpha value is -2.62. The van der Waals surface area contributed by atoms with Gasteiger partial charge in [-0.2, -0.15) is 0 Å². The lowest BCUT2D eigenvalue weighted by Gasteiger charge is -2.26. The van der Waals surface area contributed by atoms with E-state index < -0.39 is 0 Å². The molecule has 0 bridgehead atoms. The van der Waals surface area contributed by atoms with Crippen LogP contribution in [0, 0.1) is 0 Å². The average molecular weight is 544 g/mol. The van der Waals surface area contributed by atoms with Gasteiger partial charge in [0.15, 0.2) is 5.17 Å². The zero-order valence-electron chi connectivity index (χ0n) is 19.1. The minimum atomic E-state index is -0.103. The van der Waals surface area contributed by atoms with Gasteiger partial charge in [0.2, 0.25) is 0 Å². The predicted octanol–water partition coefficient (Wildman–Crippen LogP) is 4.94. The van der Waals surface area contributed by atoms with E-state index in [4.69, 9.17) is 14.5 Å². The minimum Gasteiger partial charge on any atom is -0.493 e. The zero-order chi connectivity index (χ0) is 24.1. The Morgan fingerprint density at radius 2 is 2.00 bits per heavy atom. The number of carbonyl (C=O) groups excluding carboxylic acids is 2. The number of rotatable bonds is 6. The molecule has 2 aromatic carbocycles. The van der Waals surface area contributed by atoms with Gasteiger partial charge in [-0.25, -0.2) is 4.99 Å². The normalized spacial score (nSPS) is 18.7. The second-order valence-electron chi connectivity index (χ2n) is 7.62. The summed E-state index contributed by atoms with van der Waals surface area (Å²) in [6.07, 6.45) is 1.84. The number of hydrogen-bond acceptors (Lipinski definition) is 6. The largest absolute Gasteiger partial charge is 0.493 e. The Morgan fingerprint density at radius 1 is 1.21 bits per heavy atom. The molecule has 34 heavy (non-hydrogen) atoms. The van der Waals surface area contributed by atoms with Crippen LogP contribution in [0.15, 0.2) is 56.8 Å². The Labute approximate surface area is 211 Å². The van der Waals surface area contributed by atoms with Crippen molar-refractivity contribution in [1.82, 2.24) is 9.80 Å². The molecule has 0 aliphatic carbocycles. The molecule has 4 rings (SSSR count). The van der Waals surface area contributed by atoms with E-state index in [0.717, 1.165) is 15.8 Å². The second kappa shape index (κ2) is 11.2. The number of carbonyl (C=O) groups is 2. The lowest BCUT2D eigenvalue weighted by molar-refractivity contribution is -0.122. The van der Waals surface area contributed by atoms with Crippen molar-refractivity contribution in [3.63, 3.8) is 0 Å². The first-order valence-corrected chi connectivity index (χ1v) is 12.8. The number of aliphatic imine (C=N–C) groups is 1. The molecule has 0 spiro atoms. The molecule has 0 radical (unpaired) electrons. The van der Waals surface area contributed by atoms with Crippen molar-refractivity contribution in [3.05, 3.63) is 63.0 Å². The number of hydrogen-bond donors (Lipinski definition) is 0. The first kappa shape index (κ1) is 24.5. The van der Waals surface area contributed by atoms with Crippen molar-refractivity contribution in [2.24, 2.45) is 4.99 Å². The van der Waals surface area contributed by atoms with Crippen molar-refractivity contribution >= 4 is 56.4 Å². The third kappa shape index (κ3) is 5.54. The maximum atomic E-state index is 13.1. The third-order valence-electron chi connectivity index (χ3n) is 5.38. The maximum absolute atomic E-state index is 13.1. The molecule has 2 fully saturated rings. The predicted molar refractivity (Wildman–Crippen MR) is 139 cm³/mol. The summed E-state index contributed by atoms with van der Waals surface area (Å²) in [5.74, 6) is 0.579. The monoisotopic (exact) mass is 543 g/mol. The van der Waals surface area contributed by atoms with Crippen molar-refractivity contribution in [1.29, 1.82) is 0 Å². The van der Waals surface area contributed by atoms with Gasteiger partial charge in [0, 0.05) is 35.2 Å². The van der Waals surface area contributed by atoms with E-state index in [1.807, 2.05) is 50.3 Å². The van der Waals surface area contributed by atoms with Gasteiger partial charge in [-0.3, -0.25) is 14.5 Å². The molecule has 7 nitrogen and oxygen atoms in total. The summed E-state index contributed by atoms with van der Waals surface area (Å²) in [7, 11) is 0. The minimum absolute atomic E-state index is 0.0356. The van der Waals surface area contributed by atoms with E-state index in [0.29, 0.717) is 60.8 Å². The zero-order valence-corrected chi connectivity index (χ0v) is 21.5. The molecular formula is C25H26BrN3O4S. The van der Waals surface area contributed by atoms with Gasteiger partial charge in [-0.05, 0) is 68.1 Å². The molecule has 2 aliphatic rings. The summed E-state index contributed by atoms with van der Waals surface area (Å²) in [6.45, 7) is 7.14. The van der Waals surface area contributed by atoms with Crippen molar-refractivity contribution < 1.29 is 19.1 Å². The fraction of sp³-hybridized carbons (Fsp3) is 0.320. The molecule has 2 aromatic rings. The molecule has 2 saturated heterocycles. The fourth-order valence-corrected chi connectivity index (χ4v) is 5.13. The Morgan fingerprint density at radius 3 is 2.74 bits per heavy atom. The maximum Gasteiger partial charge on any atom is 0.266 e. The van der Waals surface area contributed by atoms with Crippen LogP contribution in [0.1, 0.15) is 29.8 Å². The number of thioether (sulfide) groups is 1. The van der Waals surface area contributed by atoms with Gasteiger partial charge >= 0.3 is 0 Å². The summed E-state index contributed by atoms with van der Waals surface area (Å²) in [5, 5.41) is 0.586. The van der Waals surface area contributed by atoms with E-state index >= 15 is 0 Å². The number of halogens is 1. The van der Waals surface area contributed by atoms with Crippen molar-refractivity contribution in [3.8, 4) is 5.75 Å². The molecule has 0 N–H and O–H groups in total. The fourth-order valence-electron chi connectivity index (χ4n) is 3.70. The van der Waals surface area contributed by atoms with Crippen LogP contribution in [0.3, 0.4) is 0 Å². The van der Waals surface area contributed by atoms with E-state index in [1.165, 1.54) is 11.8 Å². The van der Waals surface area contributed by atoms with Crippen LogP contribution in [-0.2, 0) is 9.53 Å². The van der Waals surface area contributed by atoms with Crippen LogP contribution in [0.2, 0.25) is 0 Å². The summed E-state index contributed by atoms with van der Waals surface area (Å²) in [4.78, 5) is 34.7. The summed E-state index contributed by atoms with van der Waals surface area (Å²) < 4.78 is 12.0. The van der Waals surface area contributed by atoms with E-state index in [-0.39, 0.29) is 11.8 Å². The molecule has 0 unspecified atom stereocenters. The molecular weight excluding hydrogens is 518 g/mol. The Bertz CT molecular complexity index is 1140. The van der Waals surface area contributed by atoms with Crippen LogP contribution in [-0.4, -0.2) is 66.2 Å². The smallest absolute Gasteiger partial charge is 0.266 e.